The van der Waals surface area contributed by atoms with Crippen LogP contribution in [0, 0.1) is 0 Å². The van der Waals surface area contributed by atoms with Crippen LogP contribution in [0.4, 0.5) is 0 Å². The molecule has 0 saturated carbocycles. The van der Waals surface area contributed by atoms with Crippen molar-refractivity contribution < 1.29 is 0 Å². The van der Waals surface area contributed by atoms with Gasteiger partial charge in [0.1, 0.15) is 0 Å². The molecule has 0 amide bonds. The van der Waals surface area contributed by atoms with E-state index >= 15 is 0 Å². The third-order valence-electron chi connectivity index (χ3n) is 0. The maximum Gasteiger partial charge on any atom is 0.275 e. The summed E-state index contributed by atoms with van der Waals surface area (Å²) >= 11 is 6.16. The number of hydrogen-bond donors (Lipinski definition) is 1. The van der Waals surface area contributed by atoms with Crippen LogP contribution in [0.2, 0.25) is 6.82 Å². The van der Waals surface area contributed by atoms with Gasteiger partial charge in [-0.25, -0.2) is 12.5 Å². The smallest absolute Gasteiger partial charge is 0.214 e. The molecule has 0 spiro atoms. The van der Waals surface area contributed by atoms with Gasteiger partial charge in [0.25, 0.3) is 3.85 Å². The van der Waals surface area contributed by atoms with Crippen molar-refractivity contribution in [2.24, 2.45) is 0 Å². The van der Waals surface area contributed by atoms with E-state index in [0.29, 0.717) is 3.85 Å². The topological polar surface area (TPSA) is 0 Å². The van der Waals surface area contributed by atoms with Crippen LogP contribution >= 0.6 is 34.9 Å². The molecule has 4 heavy (non-hydrogen) atoms. The number of thiol groups is 1. The van der Waals surface area contributed by atoms with E-state index in [1.54, 1.807) is 0 Å². The molecule has 0 atom stereocenters. The van der Waals surface area contributed by atoms with Gasteiger partial charge in [-0.3, -0.25) is 0 Å². The largest absolute Gasteiger partial charge is 0.275 e. The van der Waals surface area contributed by atoms with Crippen LogP contribution in [-0.2, 0) is 0 Å². The molecule has 0 radical (unpaired) electrons. The molecule has 3 heteroatoms. The Balaban J connectivity index is 2.32. The first-order valence-corrected chi connectivity index (χ1v) is 2.82. The molecule has 0 aliphatic carbocycles. The average Bonchev–Trinajstić information content (AvgIpc) is 0.811. The first-order valence-electron chi connectivity index (χ1n) is 1.05. The fraction of sp³-hybridized carbons (Fsp3) is 1.00. The van der Waals surface area contributed by atoms with Crippen LogP contribution in [0.1, 0.15) is 0 Å². The second-order valence-electron chi connectivity index (χ2n) is 0.574. The molecule has 0 bridgehead atoms. The molecule has 0 unspecified atom stereocenters. The minimum atomic E-state index is 0.498. The van der Waals surface area contributed by atoms with Crippen LogP contribution in [0.3, 0.4) is 0 Å². The van der Waals surface area contributed by atoms with Gasteiger partial charge in [0.05, 0.1) is 0 Å². The van der Waals surface area contributed by atoms with Crippen LogP contribution in [0.5, 0.6) is 0 Å². The lowest BCUT2D eigenvalue weighted by Gasteiger charge is -1.68. The Bertz CT molecular complexity index is 12.8. The average molecular weight is 186 g/mol. The minimum absolute atomic E-state index is 0.498. The predicted octanol–water partition coefficient (Wildman–Crippen LogP) is 1.47. The lowest BCUT2D eigenvalue weighted by molar-refractivity contribution is 2.37. The maximum atomic E-state index is 3.95. The summed E-state index contributed by atoms with van der Waals surface area (Å²) in [6.45, 7) is 2.02. The van der Waals surface area contributed by atoms with Crippen LogP contribution < -0.4 is 0 Å². The molecule has 0 rings (SSSR count). The lowest BCUT2D eigenvalue weighted by Crippen LogP contribution is -1.71. The van der Waals surface area contributed by atoms with E-state index in [2.05, 4.69) is 34.9 Å². The molecular formula is CH4BIS. The van der Waals surface area contributed by atoms with Gasteiger partial charge in [0, 0.05) is 0 Å². The van der Waals surface area contributed by atoms with Gasteiger partial charge in [-0.1, -0.05) is 6.82 Å². The summed E-state index contributed by atoms with van der Waals surface area (Å²) in [6, 6.07) is 0. The Hall–Kier alpha value is 1.14. The summed E-state index contributed by atoms with van der Waals surface area (Å²) in [4.78, 5) is 0. The Morgan fingerprint density at radius 1 is 2.00 bits per heavy atom. The molecule has 0 aromatic heterocycles. The summed E-state index contributed by atoms with van der Waals surface area (Å²) < 4.78 is 0.498. The Kier molecular flexibility index (Phi) is 3.07. The van der Waals surface area contributed by atoms with Crippen molar-refractivity contribution in [2.75, 3.05) is 0 Å². The van der Waals surface area contributed by atoms with E-state index in [0.717, 1.165) is 0 Å². The van der Waals surface area contributed by atoms with E-state index in [4.69, 9.17) is 0 Å². The van der Waals surface area contributed by atoms with Crippen LogP contribution in [0.15, 0.2) is 0 Å². The summed E-state index contributed by atoms with van der Waals surface area (Å²) in [5.41, 5.74) is 0. The first kappa shape index (κ1) is 5.14. The first-order chi connectivity index (χ1) is 1.73. The molecule has 0 fully saturated rings. The minimum Gasteiger partial charge on any atom is -0.214 e. The van der Waals surface area contributed by atoms with Crippen molar-refractivity contribution >= 4 is 38.7 Å². The Labute approximate surface area is 45.6 Å². The quantitative estimate of drug-likeness (QED) is 0.330. The molecule has 0 saturated heterocycles. The van der Waals surface area contributed by atoms with E-state index in [-0.39, 0.29) is 0 Å². The van der Waals surface area contributed by atoms with Gasteiger partial charge in [-0.05, 0) is 0 Å². The highest BCUT2D eigenvalue weighted by atomic mass is 127. The van der Waals surface area contributed by atoms with Gasteiger partial charge in [0.15, 0.2) is 0 Å². The van der Waals surface area contributed by atoms with E-state index in [9.17, 15) is 0 Å². The maximum absolute atomic E-state index is 3.95. The molecule has 0 aromatic carbocycles. The van der Waals surface area contributed by atoms with Crippen molar-refractivity contribution in [3.63, 3.8) is 0 Å². The second-order valence-corrected chi connectivity index (χ2v) is 4.20. The summed E-state index contributed by atoms with van der Waals surface area (Å²) in [6.07, 6.45) is 0. The monoisotopic (exact) mass is 186 g/mol. The SMILES string of the molecule is CB(S)I. The van der Waals surface area contributed by atoms with E-state index < -0.39 is 0 Å². The summed E-state index contributed by atoms with van der Waals surface area (Å²) in [7, 11) is 0. The molecular weight excluding hydrogens is 182 g/mol. The third-order valence-corrected chi connectivity index (χ3v) is 0. The van der Waals surface area contributed by atoms with Crippen molar-refractivity contribution in [1.29, 1.82) is 0 Å². The van der Waals surface area contributed by atoms with Gasteiger partial charge in [-0.15, -0.1) is 22.4 Å². The predicted molar refractivity (Wildman–Crippen MR) is 34.6 cm³/mol. The Morgan fingerprint density at radius 3 is 2.00 bits per heavy atom. The third kappa shape index (κ3) is 11.0. The number of halogens is 1. The summed E-state index contributed by atoms with van der Waals surface area (Å²) in [5.74, 6) is 0. The van der Waals surface area contributed by atoms with Gasteiger partial charge in [-0.2, -0.15) is 0 Å². The lowest BCUT2D eigenvalue weighted by atomic mass is 10.2. The molecule has 0 aromatic rings. The van der Waals surface area contributed by atoms with Crippen molar-refractivity contribution in [1.82, 2.24) is 0 Å². The Morgan fingerprint density at radius 2 is 2.00 bits per heavy atom. The van der Waals surface area contributed by atoms with Gasteiger partial charge in [0.2, 0.25) is 0 Å². The zero-order valence-electron chi connectivity index (χ0n) is 2.40. The molecule has 0 N–H and O–H groups in total. The zero-order valence-corrected chi connectivity index (χ0v) is 5.45. The molecule has 24 valence electrons. The molecule has 0 heterocycles. The highest BCUT2D eigenvalue weighted by molar-refractivity contribution is 14.1. The highest BCUT2D eigenvalue weighted by Gasteiger charge is 1.81. The van der Waals surface area contributed by atoms with Crippen molar-refractivity contribution in [3.8, 4) is 0 Å². The van der Waals surface area contributed by atoms with Crippen molar-refractivity contribution in [3.05, 3.63) is 0 Å². The van der Waals surface area contributed by atoms with E-state index in [1.807, 2.05) is 6.82 Å². The van der Waals surface area contributed by atoms with Gasteiger partial charge >= 0.3 is 0 Å². The molecule has 0 nitrogen and oxygen atoms in total. The fourth-order valence-corrected chi connectivity index (χ4v) is 0. The van der Waals surface area contributed by atoms with Crippen molar-refractivity contribution in [2.45, 2.75) is 6.82 Å². The number of rotatable bonds is 0. The zero-order chi connectivity index (χ0) is 3.58. The normalized spacial score (nSPS) is 6.75. The summed E-state index contributed by atoms with van der Waals surface area (Å²) in [5, 5.41) is 0. The number of hydrogen-bond acceptors (Lipinski definition) is 1. The van der Waals surface area contributed by atoms with Gasteiger partial charge < -0.3 is 0 Å². The highest BCUT2D eigenvalue weighted by Crippen LogP contribution is 1.93. The standard InChI is InChI=1S/CH4BIS/c1-2(3)4/h4H,1H3. The molecule has 0 aliphatic heterocycles. The van der Waals surface area contributed by atoms with E-state index in [1.165, 1.54) is 0 Å². The second kappa shape index (κ2) is 2.39. The van der Waals surface area contributed by atoms with Crippen LogP contribution in [0.25, 0.3) is 0 Å². The van der Waals surface area contributed by atoms with Crippen LogP contribution in [-0.4, -0.2) is 3.85 Å². The molecule has 0 aliphatic rings. The fourth-order valence-electron chi connectivity index (χ4n) is 0.